The maximum absolute atomic E-state index is 8.47. The van der Waals surface area contributed by atoms with Crippen molar-refractivity contribution >= 4 is 5.69 Å². The molecule has 10 heavy (non-hydrogen) atoms. The lowest BCUT2D eigenvalue weighted by Gasteiger charge is -1.97. The van der Waals surface area contributed by atoms with Crippen molar-refractivity contribution in [2.75, 3.05) is 0 Å². The van der Waals surface area contributed by atoms with Gasteiger partial charge in [-0.15, -0.1) is 0 Å². The zero-order valence-corrected chi connectivity index (χ0v) is 5.68. The minimum absolute atomic E-state index is 0.338. The van der Waals surface area contributed by atoms with Gasteiger partial charge in [-0.25, -0.2) is 0 Å². The number of aryl methyl sites for hydroxylation is 1. The highest BCUT2D eigenvalue weighted by Gasteiger charge is 1.98. The number of nitriles is 1. The van der Waals surface area contributed by atoms with Crippen LogP contribution in [0, 0.1) is 18.3 Å². The highest BCUT2D eigenvalue weighted by atomic mass is 14.6. The summed E-state index contributed by atoms with van der Waals surface area (Å²) in [6.07, 6.45) is 0. The molecule has 0 spiro atoms. The first-order chi connectivity index (χ1) is 4.75. The normalized spacial score (nSPS) is 8.80. The first-order valence-electron chi connectivity index (χ1n) is 2.97. The number of benzene rings is 1. The molecule has 2 heteroatoms. The molecule has 0 saturated carbocycles. The van der Waals surface area contributed by atoms with Crippen LogP contribution in [0.4, 0.5) is 5.69 Å². The summed E-state index contributed by atoms with van der Waals surface area (Å²) in [7, 11) is 0. The summed E-state index contributed by atoms with van der Waals surface area (Å²) in [6, 6.07) is 7.20. The van der Waals surface area contributed by atoms with E-state index in [1.807, 2.05) is 19.1 Å². The van der Waals surface area contributed by atoms with Crippen LogP contribution in [-0.4, -0.2) is 0 Å². The highest BCUT2D eigenvalue weighted by molar-refractivity contribution is 5.55. The van der Waals surface area contributed by atoms with Crippen LogP contribution >= 0.6 is 0 Å². The number of hydrogen-bond acceptors (Lipinski definition) is 1. The molecule has 0 unspecified atom stereocenters. The summed E-state index contributed by atoms with van der Waals surface area (Å²) in [6.45, 7) is 1.82. The average molecular weight is 131 g/mol. The van der Waals surface area contributed by atoms with Crippen LogP contribution in [0.5, 0.6) is 0 Å². The summed E-state index contributed by atoms with van der Waals surface area (Å²) in [5.41, 5.74) is 9.00. The molecular formula is C8H7N2. The Morgan fingerprint density at radius 1 is 1.50 bits per heavy atom. The molecule has 0 bridgehead atoms. The average Bonchev–Trinajstić information content (AvgIpc) is 1.95. The van der Waals surface area contributed by atoms with Crippen LogP contribution in [0.1, 0.15) is 11.1 Å². The van der Waals surface area contributed by atoms with Crippen molar-refractivity contribution in [3.63, 3.8) is 0 Å². The number of nitrogens with one attached hydrogen (secondary N) is 1. The molecule has 0 atom stereocenters. The zero-order chi connectivity index (χ0) is 7.56. The summed E-state index contributed by atoms with van der Waals surface area (Å²) in [5.74, 6) is 0. The largest absolute Gasteiger partial charge is 0.299 e. The molecule has 0 aliphatic rings. The monoisotopic (exact) mass is 131 g/mol. The first-order valence-corrected chi connectivity index (χ1v) is 2.97. The van der Waals surface area contributed by atoms with Crippen LogP contribution in [-0.2, 0) is 0 Å². The molecule has 0 saturated heterocycles. The quantitative estimate of drug-likeness (QED) is 0.529. The molecule has 0 aromatic heterocycles. The summed E-state index contributed by atoms with van der Waals surface area (Å²) < 4.78 is 0. The molecule has 1 N–H and O–H groups in total. The maximum Gasteiger partial charge on any atom is 0.101 e. The van der Waals surface area contributed by atoms with Crippen LogP contribution in [0.15, 0.2) is 18.2 Å². The van der Waals surface area contributed by atoms with E-state index in [1.165, 1.54) is 0 Å². The molecule has 0 amide bonds. The van der Waals surface area contributed by atoms with Gasteiger partial charge in [0.05, 0.1) is 11.3 Å². The molecule has 0 heterocycles. The smallest absolute Gasteiger partial charge is 0.101 e. The van der Waals surface area contributed by atoms with E-state index in [2.05, 4.69) is 0 Å². The summed E-state index contributed by atoms with van der Waals surface area (Å²) in [4.78, 5) is 0. The molecule has 1 radical (unpaired) electrons. The molecule has 49 valence electrons. The molecular weight excluding hydrogens is 124 g/mol. The van der Waals surface area contributed by atoms with Crippen LogP contribution in [0.3, 0.4) is 0 Å². The van der Waals surface area contributed by atoms with Crippen molar-refractivity contribution in [2.45, 2.75) is 6.92 Å². The minimum Gasteiger partial charge on any atom is -0.299 e. The molecule has 1 rings (SSSR count). The number of hydrogen-bond donors (Lipinski definition) is 0. The van der Waals surface area contributed by atoms with Gasteiger partial charge in [-0.05, 0) is 18.6 Å². The third kappa shape index (κ3) is 0.939. The second kappa shape index (κ2) is 2.40. The van der Waals surface area contributed by atoms with Gasteiger partial charge in [-0.1, -0.05) is 12.1 Å². The Labute approximate surface area is 59.9 Å². The van der Waals surface area contributed by atoms with E-state index >= 15 is 0 Å². The van der Waals surface area contributed by atoms with Crippen LogP contribution < -0.4 is 5.73 Å². The van der Waals surface area contributed by atoms with Crippen molar-refractivity contribution < 1.29 is 0 Å². The van der Waals surface area contributed by atoms with Crippen LogP contribution in [0.25, 0.3) is 0 Å². The Hall–Kier alpha value is -1.49. The Morgan fingerprint density at radius 2 is 2.20 bits per heavy atom. The summed E-state index contributed by atoms with van der Waals surface area (Å²) in [5, 5.41) is 8.47. The topological polar surface area (TPSA) is 47.6 Å². The molecule has 2 nitrogen and oxygen atoms in total. The van der Waals surface area contributed by atoms with Gasteiger partial charge in [0.2, 0.25) is 0 Å². The Kier molecular flexibility index (Phi) is 1.59. The van der Waals surface area contributed by atoms with E-state index in [1.54, 1.807) is 12.1 Å². The fourth-order valence-corrected chi connectivity index (χ4v) is 0.761. The summed E-state index contributed by atoms with van der Waals surface area (Å²) >= 11 is 0. The van der Waals surface area contributed by atoms with Gasteiger partial charge in [0.15, 0.2) is 0 Å². The van der Waals surface area contributed by atoms with Crippen LogP contribution in [0.2, 0.25) is 0 Å². The molecule has 1 aromatic rings. The molecule has 0 aliphatic heterocycles. The zero-order valence-electron chi connectivity index (χ0n) is 5.68. The van der Waals surface area contributed by atoms with Crippen molar-refractivity contribution in [2.24, 2.45) is 0 Å². The minimum atomic E-state index is 0.338. The lowest BCUT2D eigenvalue weighted by Crippen LogP contribution is -1.82. The van der Waals surface area contributed by atoms with Gasteiger partial charge in [0.25, 0.3) is 0 Å². The third-order valence-corrected chi connectivity index (χ3v) is 1.39. The molecule has 0 aliphatic carbocycles. The number of rotatable bonds is 0. The molecule has 0 fully saturated rings. The van der Waals surface area contributed by atoms with E-state index < -0.39 is 0 Å². The molecule has 1 aromatic carbocycles. The predicted octanol–water partition coefficient (Wildman–Crippen LogP) is 1.78. The van der Waals surface area contributed by atoms with Gasteiger partial charge < -0.3 is 0 Å². The van der Waals surface area contributed by atoms with Gasteiger partial charge in [-0.2, -0.15) is 5.26 Å². The number of nitrogens with zero attached hydrogens (tertiary/aromatic N) is 1. The van der Waals surface area contributed by atoms with Crippen molar-refractivity contribution in [3.05, 3.63) is 29.3 Å². The Bertz CT molecular complexity index is 284. The second-order valence-corrected chi connectivity index (χ2v) is 2.11. The lowest BCUT2D eigenvalue weighted by atomic mass is 10.1. The fourth-order valence-electron chi connectivity index (χ4n) is 0.761. The van der Waals surface area contributed by atoms with Crippen molar-refractivity contribution in [1.29, 1.82) is 5.26 Å². The third-order valence-electron chi connectivity index (χ3n) is 1.39. The van der Waals surface area contributed by atoms with E-state index in [0.29, 0.717) is 11.3 Å². The fraction of sp³-hybridized carbons (Fsp3) is 0.125. The van der Waals surface area contributed by atoms with E-state index in [9.17, 15) is 0 Å². The van der Waals surface area contributed by atoms with E-state index in [0.717, 1.165) is 5.56 Å². The van der Waals surface area contributed by atoms with Gasteiger partial charge >= 0.3 is 0 Å². The van der Waals surface area contributed by atoms with Gasteiger partial charge in [0.1, 0.15) is 6.07 Å². The van der Waals surface area contributed by atoms with Crippen molar-refractivity contribution in [3.8, 4) is 6.07 Å². The maximum atomic E-state index is 8.47. The van der Waals surface area contributed by atoms with E-state index in [-0.39, 0.29) is 0 Å². The van der Waals surface area contributed by atoms with Gasteiger partial charge in [-0.3, -0.25) is 5.73 Å². The Morgan fingerprint density at radius 3 is 2.70 bits per heavy atom. The predicted molar refractivity (Wildman–Crippen MR) is 38.7 cm³/mol. The van der Waals surface area contributed by atoms with Crippen molar-refractivity contribution in [1.82, 2.24) is 5.73 Å². The van der Waals surface area contributed by atoms with Gasteiger partial charge in [0, 0.05) is 0 Å². The first kappa shape index (κ1) is 6.63. The standard InChI is InChI=1S/C8H7N2/c1-6-3-2-4-7(5-9)8(6)10/h2-4,10H,1H3. The second-order valence-electron chi connectivity index (χ2n) is 2.11. The highest BCUT2D eigenvalue weighted by Crippen LogP contribution is 2.16. The Balaban J connectivity index is 3.31. The SMILES string of the molecule is Cc1cccc(C#N)c1[NH]. The van der Waals surface area contributed by atoms with E-state index in [4.69, 9.17) is 11.0 Å². The lowest BCUT2D eigenvalue weighted by molar-refractivity contribution is 1.34.